The summed E-state index contributed by atoms with van der Waals surface area (Å²) in [5.41, 5.74) is 0.982. The fourth-order valence-corrected chi connectivity index (χ4v) is 2.12. The van der Waals surface area contributed by atoms with Crippen molar-refractivity contribution < 1.29 is 9.63 Å². The van der Waals surface area contributed by atoms with E-state index in [4.69, 9.17) is 9.63 Å². The molecule has 0 spiro atoms. The summed E-state index contributed by atoms with van der Waals surface area (Å²) in [5.74, 6) is 1.31. The van der Waals surface area contributed by atoms with Crippen molar-refractivity contribution in [1.29, 1.82) is 0 Å². The Balaban J connectivity index is 1.89. The average molecular weight is 253 g/mol. The van der Waals surface area contributed by atoms with Gasteiger partial charge >= 0.3 is 0 Å². The summed E-state index contributed by atoms with van der Waals surface area (Å²) in [6.07, 6.45) is 2.98. The van der Waals surface area contributed by atoms with E-state index in [1.165, 1.54) is 0 Å². The van der Waals surface area contributed by atoms with Crippen molar-refractivity contribution in [1.82, 2.24) is 15.1 Å². The number of aryl methyl sites for hydroxylation is 2. The van der Waals surface area contributed by atoms with Gasteiger partial charge in [0.15, 0.2) is 5.82 Å². The van der Waals surface area contributed by atoms with E-state index in [-0.39, 0.29) is 6.61 Å². The molecule has 0 aliphatic heterocycles. The average Bonchev–Trinajstić information content (AvgIpc) is 2.90. The minimum atomic E-state index is 0.207. The Hall–Kier alpha value is -1.27. The molecule has 0 saturated heterocycles. The molecule has 0 aliphatic rings. The molecule has 1 N–H and O–H groups in total. The second-order valence-corrected chi connectivity index (χ2v) is 4.88. The normalized spacial score (nSPS) is 10.9. The van der Waals surface area contributed by atoms with Crippen LogP contribution in [-0.4, -0.2) is 26.8 Å². The van der Waals surface area contributed by atoms with Gasteiger partial charge in [-0.3, -0.25) is 0 Å². The molecule has 0 saturated carbocycles. The van der Waals surface area contributed by atoms with Gasteiger partial charge in [0.2, 0.25) is 5.89 Å². The lowest BCUT2D eigenvalue weighted by Crippen LogP contribution is -1.93. The molecular formula is C11H15N3O2S. The zero-order valence-electron chi connectivity index (χ0n) is 9.72. The van der Waals surface area contributed by atoms with Crippen molar-refractivity contribution in [2.24, 2.45) is 0 Å². The van der Waals surface area contributed by atoms with Crippen molar-refractivity contribution in [2.75, 3.05) is 6.61 Å². The van der Waals surface area contributed by atoms with E-state index in [2.05, 4.69) is 15.1 Å². The number of aromatic nitrogens is 3. The first-order valence-electron chi connectivity index (χ1n) is 5.61. The van der Waals surface area contributed by atoms with E-state index in [1.807, 2.05) is 12.3 Å². The SMILES string of the molecule is Cc1nc(Cc2noc(CCCCO)n2)cs1. The van der Waals surface area contributed by atoms with Crippen molar-refractivity contribution in [2.45, 2.75) is 32.6 Å². The lowest BCUT2D eigenvalue weighted by atomic mass is 10.2. The van der Waals surface area contributed by atoms with Crippen molar-refractivity contribution in [3.63, 3.8) is 0 Å². The third-order valence-corrected chi connectivity index (χ3v) is 3.14. The van der Waals surface area contributed by atoms with Gasteiger partial charge in [-0.2, -0.15) is 4.98 Å². The van der Waals surface area contributed by atoms with Gasteiger partial charge in [0, 0.05) is 18.4 Å². The fraction of sp³-hybridized carbons (Fsp3) is 0.545. The van der Waals surface area contributed by atoms with E-state index in [0.29, 0.717) is 18.1 Å². The number of hydrogen-bond acceptors (Lipinski definition) is 6. The van der Waals surface area contributed by atoms with Gasteiger partial charge in [-0.25, -0.2) is 4.98 Å². The van der Waals surface area contributed by atoms with Crippen LogP contribution in [-0.2, 0) is 12.8 Å². The Labute approximate surface area is 104 Å². The van der Waals surface area contributed by atoms with Gasteiger partial charge in [-0.1, -0.05) is 5.16 Å². The second kappa shape index (κ2) is 5.88. The predicted molar refractivity (Wildman–Crippen MR) is 64.0 cm³/mol. The van der Waals surface area contributed by atoms with Crippen LogP contribution in [0.5, 0.6) is 0 Å². The first-order chi connectivity index (χ1) is 8.28. The highest BCUT2D eigenvalue weighted by atomic mass is 32.1. The number of rotatable bonds is 6. The summed E-state index contributed by atoms with van der Waals surface area (Å²) < 4.78 is 5.12. The van der Waals surface area contributed by atoms with Gasteiger partial charge in [-0.15, -0.1) is 11.3 Å². The lowest BCUT2D eigenvalue weighted by molar-refractivity contribution is 0.280. The molecule has 0 bridgehead atoms. The Morgan fingerprint density at radius 3 is 2.94 bits per heavy atom. The predicted octanol–water partition coefficient (Wildman–Crippen LogP) is 1.74. The summed E-state index contributed by atoms with van der Waals surface area (Å²) in [4.78, 5) is 8.65. The van der Waals surface area contributed by atoms with Crippen molar-refractivity contribution in [3.05, 3.63) is 27.8 Å². The maximum absolute atomic E-state index is 8.67. The maximum atomic E-state index is 8.67. The standard InChI is InChI=1S/C11H15N3O2S/c1-8-12-9(7-17-8)6-10-13-11(16-14-10)4-2-3-5-15/h7,15H,2-6H2,1H3. The molecule has 0 aliphatic carbocycles. The summed E-state index contributed by atoms with van der Waals surface area (Å²) in [6, 6.07) is 0. The highest BCUT2D eigenvalue weighted by Crippen LogP contribution is 2.12. The summed E-state index contributed by atoms with van der Waals surface area (Å²) >= 11 is 1.62. The molecule has 5 nitrogen and oxygen atoms in total. The highest BCUT2D eigenvalue weighted by Gasteiger charge is 2.08. The Kier molecular flexibility index (Phi) is 4.22. The third-order valence-electron chi connectivity index (χ3n) is 2.31. The van der Waals surface area contributed by atoms with E-state index < -0.39 is 0 Å². The highest BCUT2D eigenvalue weighted by molar-refractivity contribution is 7.09. The minimum Gasteiger partial charge on any atom is -0.396 e. The molecule has 92 valence electrons. The van der Waals surface area contributed by atoms with Crippen LogP contribution >= 0.6 is 11.3 Å². The molecule has 0 unspecified atom stereocenters. The zero-order chi connectivity index (χ0) is 12.1. The maximum Gasteiger partial charge on any atom is 0.226 e. The molecule has 17 heavy (non-hydrogen) atoms. The van der Waals surface area contributed by atoms with Crippen molar-refractivity contribution in [3.8, 4) is 0 Å². The summed E-state index contributed by atoms with van der Waals surface area (Å²) in [5, 5.41) is 15.6. The second-order valence-electron chi connectivity index (χ2n) is 3.82. The molecule has 0 atom stereocenters. The van der Waals surface area contributed by atoms with Crippen molar-refractivity contribution >= 4 is 11.3 Å². The topological polar surface area (TPSA) is 72.0 Å². The summed E-state index contributed by atoms with van der Waals surface area (Å²) in [7, 11) is 0. The molecule has 0 fully saturated rings. The lowest BCUT2D eigenvalue weighted by Gasteiger charge is -1.91. The quantitative estimate of drug-likeness (QED) is 0.794. The van der Waals surface area contributed by atoms with E-state index >= 15 is 0 Å². The minimum absolute atomic E-state index is 0.207. The monoisotopic (exact) mass is 253 g/mol. The van der Waals surface area contributed by atoms with Crippen LogP contribution < -0.4 is 0 Å². The van der Waals surface area contributed by atoms with Gasteiger partial charge in [-0.05, 0) is 19.8 Å². The van der Waals surface area contributed by atoms with Crippen LogP contribution in [0.1, 0.15) is 35.3 Å². The summed E-state index contributed by atoms with van der Waals surface area (Å²) in [6.45, 7) is 2.18. The first-order valence-corrected chi connectivity index (χ1v) is 6.49. The number of nitrogens with zero attached hydrogens (tertiary/aromatic N) is 3. The molecule has 2 aromatic rings. The largest absolute Gasteiger partial charge is 0.396 e. The molecular weight excluding hydrogens is 238 g/mol. The van der Waals surface area contributed by atoms with Gasteiger partial charge in [0.1, 0.15) is 0 Å². The Morgan fingerprint density at radius 2 is 2.24 bits per heavy atom. The molecule has 2 heterocycles. The number of aliphatic hydroxyl groups is 1. The number of thiazole rings is 1. The number of unbranched alkanes of at least 4 members (excludes halogenated alkanes) is 1. The number of aliphatic hydroxyl groups excluding tert-OH is 1. The van der Waals surface area contributed by atoms with Crippen LogP contribution in [0.4, 0.5) is 0 Å². The Bertz CT molecular complexity index is 467. The van der Waals surface area contributed by atoms with Gasteiger partial charge in [0.05, 0.1) is 17.1 Å². The van der Waals surface area contributed by atoms with Crippen LogP contribution in [0.3, 0.4) is 0 Å². The first kappa shape index (κ1) is 12.2. The molecule has 0 amide bonds. The van der Waals surface area contributed by atoms with Crippen LogP contribution in [0.25, 0.3) is 0 Å². The molecule has 0 aromatic carbocycles. The van der Waals surface area contributed by atoms with Gasteiger partial charge in [0.25, 0.3) is 0 Å². The third kappa shape index (κ3) is 3.61. The van der Waals surface area contributed by atoms with Crippen LogP contribution in [0, 0.1) is 6.92 Å². The molecule has 0 radical (unpaired) electrons. The fourth-order valence-electron chi connectivity index (χ4n) is 1.50. The van der Waals surface area contributed by atoms with Crippen LogP contribution in [0.15, 0.2) is 9.90 Å². The number of hydrogen-bond donors (Lipinski definition) is 1. The van der Waals surface area contributed by atoms with E-state index in [0.717, 1.165) is 30.0 Å². The van der Waals surface area contributed by atoms with Gasteiger partial charge < -0.3 is 9.63 Å². The van der Waals surface area contributed by atoms with Crippen LogP contribution in [0.2, 0.25) is 0 Å². The molecule has 2 aromatic heterocycles. The van der Waals surface area contributed by atoms with E-state index in [1.54, 1.807) is 11.3 Å². The smallest absolute Gasteiger partial charge is 0.226 e. The molecule has 6 heteroatoms. The molecule has 2 rings (SSSR count). The van der Waals surface area contributed by atoms with E-state index in [9.17, 15) is 0 Å². The Morgan fingerprint density at radius 1 is 1.35 bits per heavy atom. The zero-order valence-corrected chi connectivity index (χ0v) is 10.5.